The van der Waals surface area contributed by atoms with Crippen LogP contribution in [0.4, 0.5) is 18.0 Å². The van der Waals surface area contributed by atoms with Crippen LogP contribution in [0.25, 0.3) is 44.7 Å². The van der Waals surface area contributed by atoms with Crippen LogP contribution >= 0.6 is 34.8 Å². The first-order valence-electron chi connectivity index (χ1n) is 34.7. The lowest BCUT2D eigenvalue weighted by Gasteiger charge is -2.27. The highest BCUT2D eigenvalue weighted by atomic mass is 35.5. The third kappa shape index (κ3) is 22.2. The third-order valence-electron chi connectivity index (χ3n) is 17.4. The first-order chi connectivity index (χ1) is 52.6. The van der Waals surface area contributed by atoms with Gasteiger partial charge in [-0.05, 0) is 157 Å². The Balaban J connectivity index is 0.000000149. The summed E-state index contributed by atoms with van der Waals surface area (Å²) in [5.41, 5.74) is 9.22. The zero-order chi connectivity index (χ0) is 77.5. The maximum atomic E-state index is 13.6. The molecule has 32 heteroatoms. The minimum Gasteiger partial charge on any atom is -0.478 e. The van der Waals surface area contributed by atoms with E-state index in [0.717, 1.165) is 104 Å². The number of carbonyl (C=O) groups excluding carboxylic acids is 5. The van der Waals surface area contributed by atoms with Crippen LogP contribution in [0.2, 0.25) is 15.1 Å². The maximum absolute atomic E-state index is 13.6. The van der Waals surface area contributed by atoms with Crippen LogP contribution in [0.15, 0.2) is 196 Å². The van der Waals surface area contributed by atoms with Gasteiger partial charge in [0.05, 0.1) is 52.9 Å². The van der Waals surface area contributed by atoms with Crippen molar-refractivity contribution in [3.8, 4) is 11.4 Å². The zero-order valence-corrected chi connectivity index (χ0v) is 62.2. The highest BCUT2D eigenvalue weighted by Gasteiger charge is 2.41. The van der Waals surface area contributed by atoms with Gasteiger partial charge in [-0.3, -0.25) is 4.79 Å². The van der Waals surface area contributed by atoms with Gasteiger partial charge in [0.25, 0.3) is 24.0 Å². The van der Waals surface area contributed by atoms with Gasteiger partial charge in [-0.2, -0.15) is 54.5 Å². The first-order valence-corrected chi connectivity index (χ1v) is 35.8. The number of aryl methyl sites for hydroxylation is 2. The van der Waals surface area contributed by atoms with Crippen LogP contribution in [0.3, 0.4) is 0 Å². The molecule has 12 aromatic rings. The number of anilines is 3. The highest BCUT2D eigenvalue weighted by molar-refractivity contribution is 6.32. The van der Waals surface area contributed by atoms with E-state index in [2.05, 4.69) is 88.4 Å². The topological polar surface area (TPSA) is 355 Å². The normalized spacial score (nSPS) is 16.2. The average Bonchev–Trinajstić information content (AvgIpc) is 1.79. The molecule has 109 heavy (non-hydrogen) atoms. The van der Waals surface area contributed by atoms with Gasteiger partial charge >= 0.3 is 30.0 Å². The first kappa shape index (κ1) is 79.7. The lowest BCUT2D eigenvalue weighted by atomic mass is 10.1. The molecule has 15 rings (SSSR count). The molecule has 0 aliphatic carbocycles. The Morgan fingerprint density at radius 1 is 0.486 bits per heavy atom. The Kier molecular flexibility index (Phi) is 28.2. The number of aliphatic carboxylic acids is 2. The molecule has 3 aliphatic rings. The number of carboxylic acids is 2. The van der Waals surface area contributed by atoms with Gasteiger partial charge in [0.15, 0.2) is 16.7 Å². The van der Waals surface area contributed by atoms with E-state index in [9.17, 15) is 34.2 Å². The molecule has 0 saturated carbocycles. The second kappa shape index (κ2) is 38.6. The predicted octanol–water partition coefficient (Wildman–Crippen LogP) is 12.0. The summed E-state index contributed by atoms with van der Waals surface area (Å²) in [6, 6.07) is 48.2. The molecule has 0 radical (unpaired) electrons. The van der Waals surface area contributed by atoms with Gasteiger partial charge in [-0.25, -0.2) is 19.2 Å². The summed E-state index contributed by atoms with van der Waals surface area (Å²) in [6.07, 6.45) is 5.36. The fourth-order valence-electron chi connectivity index (χ4n) is 11.5. The number of carboxylic acid groups (broad SMARTS) is 2. The largest absolute Gasteiger partial charge is 0.478 e. The molecule has 5 aromatic heterocycles. The summed E-state index contributed by atoms with van der Waals surface area (Å²) in [5, 5.41) is 43.9. The smallest absolute Gasteiger partial charge is 0.373 e. The van der Waals surface area contributed by atoms with Crippen molar-refractivity contribution < 1.29 is 66.5 Å². The molecule has 0 unspecified atom stereocenters. The number of nitrogens with zero attached hydrogens (tertiary/aromatic N) is 13. The molecule has 3 aliphatic heterocycles. The lowest BCUT2D eigenvalue weighted by Crippen LogP contribution is -2.45. The number of rotatable bonds is 13. The second-order valence-corrected chi connectivity index (χ2v) is 26.7. The van der Waals surface area contributed by atoms with E-state index >= 15 is 0 Å². The minimum atomic E-state index is -2.21. The van der Waals surface area contributed by atoms with Gasteiger partial charge in [0.1, 0.15) is 16.6 Å². The molecule has 0 bridgehead atoms. The van der Waals surface area contributed by atoms with Gasteiger partial charge in [0.2, 0.25) is 12.2 Å². The molecule has 29 nitrogen and oxygen atoms in total. The van der Waals surface area contributed by atoms with E-state index in [1.54, 1.807) is 53.8 Å². The van der Waals surface area contributed by atoms with E-state index in [1.165, 1.54) is 58.9 Å². The van der Waals surface area contributed by atoms with Gasteiger partial charge < -0.3 is 63.2 Å². The molecule has 8 heterocycles. The Morgan fingerprint density at radius 2 is 0.881 bits per heavy atom. The van der Waals surface area contributed by atoms with Crippen molar-refractivity contribution in [2.24, 2.45) is 0 Å². The number of esters is 2. The number of fused-ring (bicyclic) bond motifs is 3. The number of halogens is 3. The van der Waals surface area contributed by atoms with Crippen molar-refractivity contribution in [3.63, 3.8) is 0 Å². The SMILES string of the molecule is C[C@@H]1CCN(c2nc3cc(Cl)ccc3o2)CCN1.C[C@@H]1CCN(c2nc3cc(Cl)ccc3o2)CCN1.Cc1ccc(-n2nccn2)c(C(=O)N2CCN(c3nc4cc(Cl)ccc4o3)CC[C@H]2C)c1.Cc1ccc(-n2nccn2)cc1.O=C(O[C@@H](C(=O)O)[C@@H](OC(=O)c1ccccc1)C(=O)O)c1ccccc1.O=C=O. The van der Waals surface area contributed by atoms with Crippen molar-refractivity contribution in [1.82, 2.24) is 60.5 Å². The zero-order valence-electron chi connectivity index (χ0n) is 59.9. The number of nitrogens with one attached hydrogen (secondary N) is 2. The van der Waals surface area contributed by atoms with E-state index in [-0.39, 0.29) is 29.2 Å². The van der Waals surface area contributed by atoms with E-state index < -0.39 is 36.1 Å². The Bertz CT molecular complexity index is 4860. The monoisotopic (exact) mass is 1540 g/mol. The van der Waals surface area contributed by atoms with Crippen molar-refractivity contribution in [3.05, 3.63) is 225 Å². The Hall–Kier alpha value is -11.9. The number of hydrogen-bond donors (Lipinski definition) is 4. The van der Waals surface area contributed by atoms with Crippen molar-refractivity contribution in [1.29, 1.82) is 0 Å². The van der Waals surface area contributed by atoms with E-state index in [1.807, 2.05) is 96.8 Å². The van der Waals surface area contributed by atoms with Gasteiger partial charge in [-0.15, -0.1) is 0 Å². The summed E-state index contributed by atoms with van der Waals surface area (Å²) < 4.78 is 27.0. The molecule has 0 spiro atoms. The predicted molar refractivity (Wildman–Crippen MR) is 407 cm³/mol. The highest BCUT2D eigenvalue weighted by Crippen LogP contribution is 2.30. The second-order valence-electron chi connectivity index (χ2n) is 25.3. The minimum absolute atomic E-state index is 0.0253. The Labute approximate surface area is 640 Å². The van der Waals surface area contributed by atoms with E-state index in [0.29, 0.717) is 75.1 Å². The Morgan fingerprint density at radius 3 is 1.30 bits per heavy atom. The van der Waals surface area contributed by atoms with Crippen molar-refractivity contribution >= 4 is 122 Å². The third-order valence-corrected chi connectivity index (χ3v) is 18.1. The number of ether oxygens (including phenoxy) is 2. The number of oxazole rings is 3. The molecule has 4 N–H and O–H groups in total. The number of benzene rings is 7. The number of carbonyl (C=O) groups is 5. The maximum Gasteiger partial charge on any atom is 0.373 e. The van der Waals surface area contributed by atoms with Crippen LogP contribution in [0, 0.1) is 13.8 Å². The lowest BCUT2D eigenvalue weighted by molar-refractivity contribution is -0.191. The van der Waals surface area contributed by atoms with Gasteiger partial charge in [-0.1, -0.05) is 101 Å². The van der Waals surface area contributed by atoms with Crippen LogP contribution in [0.1, 0.15) is 82.2 Å². The van der Waals surface area contributed by atoms with Crippen LogP contribution in [-0.2, 0) is 28.7 Å². The van der Waals surface area contributed by atoms with E-state index in [4.69, 9.17) is 67.1 Å². The summed E-state index contributed by atoms with van der Waals surface area (Å²) in [4.78, 5) is 102. The molecule has 3 saturated heterocycles. The molecule has 1 amide bonds. The summed E-state index contributed by atoms with van der Waals surface area (Å²) in [5.74, 6) is -5.66. The van der Waals surface area contributed by atoms with Crippen LogP contribution in [0.5, 0.6) is 0 Å². The van der Waals surface area contributed by atoms with Gasteiger partial charge in [0, 0.05) is 92.1 Å². The molecule has 3 fully saturated rings. The average molecular weight is 1540 g/mol. The molecule has 566 valence electrons. The van der Waals surface area contributed by atoms with Crippen LogP contribution < -0.4 is 25.3 Å². The number of amides is 1. The van der Waals surface area contributed by atoms with Crippen LogP contribution in [-0.4, -0.2) is 185 Å². The summed E-state index contributed by atoms with van der Waals surface area (Å²) in [6.45, 7) is 18.1. The fourth-order valence-corrected chi connectivity index (χ4v) is 12.0. The molecular weight excluding hydrogens is 1470 g/mol. The molecule has 5 atom stereocenters. The fraction of sp³-hybridized carbons (Fsp3) is 0.286. The summed E-state index contributed by atoms with van der Waals surface area (Å²) in [7, 11) is 0. The van der Waals surface area contributed by atoms with Crippen molar-refractivity contribution in [2.45, 2.75) is 84.2 Å². The molecular formula is C77H78Cl3N15O14. The number of hydrogen-bond acceptors (Lipinski definition) is 24. The quantitative estimate of drug-likeness (QED) is 0.0779. The molecule has 7 aromatic carbocycles. The standard InChI is InChI=1S/C23H23ClN6O2.C18H14O8.2C13H16ClN3O.C9H9N3.CO2/c1-15-3-5-20(30-25-8-9-26-30)18(13-15)22(31)29-12-11-28(10-7-16(29)2)23-27-19-14-17(24)4-6-21(19)32-23;19-15(20)13(25-17(23)11-7-3-1-4-8-11)14(16(21)22)26-18(24)12-9-5-2-6-10-12;2*1-9-4-6-17(7-5-15-9)13-16-11-8-10(14)2-3-12(11)18-13;1-8-2-4-9(5-3-8)12-10-6-7-11-12;2-1-3/h3-6,8-9,13-14,16H,7,10-12H2,1-2H3;1-10,13-14H,(H,19,20)(H,21,22);2*2-3,8-9,15H,4-7H2,1H3;2-7H,1H3;/t16-;13-,14-;2*9-;;/m1111../s1. The summed E-state index contributed by atoms with van der Waals surface area (Å²) >= 11 is 18.0. The number of aromatic nitrogens is 9. The van der Waals surface area contributed by atoms with Crippen molar-refractivity contribution in [2.75, 3.05) is 73.6 Å².